The van der Waals surface area contributed by atoms with Crippen molar-refractivity contribution in [2.45, 2.75) is 37.8 Å². The van der Waals surface area contributed by atoms with Crippen LogP contribution >= 0.6 is 12.4 Å². The summed E-state index contributed by atoms with van der Waals surface area (Å²) in [6, 6.07) is 6.26. The Morgan fingerprint density at radius 3 is 2.64 bits per heavy atom. The van der Waals surface area contributed by atoms with Gasteiger partial charge in [0.05, 0.1) is 6.10 Å². The first kappa shape index (κ1) is 18.9. The molecule has 1 aromatic rings. The number of ether oxygens (including phenoxy) is 1. The maximum atomic E-state index is 12.9. The number of carbonyl (C=O) groups excluding carboxylic acids is 1. The van der Waals surface area contributed by atoms with Crippen molar-refractivity contribution >= 4 is 18.3 Å². The molecule has 0 saturated heterocycles. The molecule has 6 heteroatoms. The Hall–Kier alpha value is -1.17. The van der Waals surface area contributed by atoms with E-state index < -0.39 is 0 Å². The lowest BCUT2D eigenvalue weighted by molar-refractivity contribution is -0.122. The van der Waals surface area contributed by atoms with E-state index in [0.29, 0.717) is 13.0 Å². The van der Waals surface area contributed by atoms with Crippen LogP contribution in [0.3, 0.4) is 0 Å². The minimum absolute atomic E-state index is 0. The van der Waals surface area contributed by atoms with Gasteiger partial charge in [-0.2, -0.15) is 0 Å². The molecule has 1 unspecified atom stereocenters. The van der Waals surface area contributed by atoms with Crippen LogP contribution in [0.4, 0.5) is 4.39 Å². The Bertz CT molecular complexity index is 470. The van der Waals surface area contributed by atoms with E-state index in [4.69, 9.17) is 10.5 Å². The minimum Gasteiger partial charge on any atom is -0.375 e. The lowest BCUT2D eigenvalue weighted by Crippen LogP contribution is -2.34. The standard InChI is InChI=1S/C16H23FN2O2.ClH/c1-21-15(11-5-7-13(17)8-6-11)10-19-16(20)9-12-3-2-4-14(12)18;/h5-8,12,14-15H,2-4,9-10,18H2,1H3,(H,19,20);1H/t12-,14+,15?;/m0./s1. The second kappa shape index (κ2) is 9.08. The summed E-state index contributed by atoms with van der Waals surface area (Å²) in [5.41, 5.74) is 6.82. The van der Waals surface area contributed by atoms with E-state index in [0.717, 1.165) is 24.8 Å². The number of nitrogens with one attached hydrogen (secondary N) is 1. The van der Waals surface area contributed by atoms with Crippen LogP contribution in [-0.2, 0) is 9.53 Å². The molecule has 0 aliphatic heterocycles. The molecule has 1 aliphatic rings. The first-order chi connectivity index (χ1) is 10.1. The van der Waals surface area contributed by atoms with Gasteiger partial charge >= 0.3 is 0 Å². The molecule has 3 atom stereocenters. The Morgan fingerprint density at radius 2 is 2.09 bits per heavy atom. The molecular formula is C16H24ClFN2O2. The number of amides is 1. The molecule has 0 spiro atoms. The fraction of sp³-hybridized carbons (Fsp3) is 0.562. The van der Waals surface area contributed by atoms with Crippen molar-refractivity contribution < 1.29 is 13.9 Å². The van der Waals surface area contributed by atoms with Crippen LogP contribution in [0.15, 0.2) is 24.3 Å². The van der Waals surface area contributed by atoms with Crippen molar-refractivity contribution in [3.8, 4) is 0 Å². The molecule has 22 heavy (non-hydrogen) atoms. The van der Waals surface area contributed by atoms with Gasteiger partial charge in [-0.15, -0.1) is 12.4 Å². The van der Waals surface area contributed by atoms with Gasteiger partial charge in [-0.25, -0.2) is 4.39 Å². The van der Waals surface area contributed by atoms with Gasteiger partial charge < -0.3 is 15.8 Å². The van der Waals surface area contributed by atoms with Crippen molar-refractivity contribution in [3.05, 3.63) is 35.6 Å². The van der Waals surface area contributed by atoms with Gasteiger partial charge in [-0.1, -0.05) is 18.6 Å². The zero-order valence-electron chi connectivity index (χ0n) is 12.8. The Labute approximate surface area is 137 Å². The summed E-state index contributed by atoms with van der Waals surface area (Å²) in [5, 5.41) is 2.88. The topological polar surface area (TPSA) is 64.3 Å². The molecule has 124 valence electrons. The largest absolute Gasteiger partial charge is 0.375 e. The van der Waals surface area contributed by atoms with E-state index in [2.05, 4.69) is 5.32 Å². The summed E-state index contributed by atoms with van der Waals surface area (Å²) in [4.78, 5) is 12.0. The lowest BCUT2D eigenvalue weighted by Gasteiger charge is -2.18. The molecule has 0 aromatic heterocycles. The van der Waals surface area contributed by atoms with Crippen LogP contribution in [0.5, 0.6) is 0 Å². The second-order valence-electron chi connectivity index (χ2n) is 5.64. The van der Waals surface area contributed by atoms with Crippen molar-refractivity contribution in [2.75, 3.05) is 13.7 Å². The Kier molecular flexibility index (Phi) is 7.79. The van der Waals surface area contributed by atoms with E-state index in [1.54, 1.807) is 19.2 Å². The van der Waals surface area contributed by atoms with Crippen molar-refractivity contribution in [1.29, 1.82) is 0 Å². The van der Waals surface area contributed by atoms with Gasteiger partial charge in [0.15, 0.2) is 0 Å². The summed E-state index contributed by atoms with van der Waals surface area (Å²) >= 11 is 0. The molecule has 1 fully saturated rings. The number of methoxy groups -OCH3 is 1. The van der Waals surface area contributed by atoms with Gasteiger partial charge in [0, 0.05) is 26.1 Å². The number of halogens is 2. The normalized spacial score (nSPS) is 22.0. The molecule has 0 heterocycles. The fourth-order valence-corrected chi connectivity index (χ4v) is 2.85. The second-order valence-corrected chi connectivity index (χ2v) is 5.64. The fourth-order valence-electron chi connectivity index (χ4n) is 2.85. The van der Waals surface area contributed by atoms with E-state index in [9.17, 15) is 9.18 Å². The molecule has 1 amide bonds. The van der Waals surface area contributed by atoms with Crippen LogP contribution in [0.1, 0.15) is 37.4 Å². The van der Waals surface area contributed by atoms with Crippen LogP contribution in [0.2, 0.25) is 0 Å². The molecule has 0 radical (unpaired) electrons. The monoisotopic (exact) mass is 330 g/mol. The van der Waals surface area contributed by atoms with Crippen molar-refractivity contribution in [1.82, 2.24) is 5.32 Å². The zero-order chi connectivity index (χ0) is 15.2. The van der Waals surface area contributed by atoms with Crippen molar-refractivity contribution in [2.24, 2.45) is 11.7 Å². The maximum absolute atomic E-state index is 12.9. The first-order valence-electron chi connectivity index (χ1n) is 7.40. The number of nitrogens with two attached hydrogens (primary N) is 1. The summed E-state index contributed by atoms with van der Waals surface area (Å²) in [7, 11) is 1.58. The first-order valence-corrected chi connectivity index (χ1v) is 7.40. The number of rotatable bonds is 6. The van der Waals surface area contributed by atoms with Gasteiger partial charge in [-0.3, -0.25) is 4.79 Å². The van der Waals surface area contributed by atoms with Gasteiger partial charge in [0.2, 0.25) is 5.91 Å². The smallest absolute Gasteiger partial charge is 0.220 e. The zero-order valence-corrected chi connectivity index (χ0v) is 13.6. The average Bonchev–Trinajstić information content (AvgIpc) is 2.87. The number of hydrogen-bond acceptors (Lipinski definition) is 3. The summed E-state index contributed by atoms with van der Waals surface area (Å²) in [5.74, 6) is 0.00573. The summed E-state index contributed by atoms with van der Waals surface area (Å²) in [6.07, 6.45) is 3.34. The van der Waals surface area contributed by atoms with E-state index >= 15 is 0 Å². The van der Waals surface area contributed by atoms with Crippen LogP contribution < -0.4 is 11.1 Å². The van der Waals surface area contributed by atoms with Crippen LogP contribution in [0, 0.1) is 11.7 Å². The summed E-state index contributed by atoms with van der Waals surface area (Å²) in [6.45, 7) is 0.378. The van der Waals surface area contributed by atoms with Gasteiger partial charge in [-0.05, 0) is 36.5 Å². The molecule has 2 rings (SSSR count). The highest BCUT2D eigenvalue weighted by Gasteiger charge is 2.26. The quantitative estimate of drug-likeness (QED) is 0.842. The lowest BCUT2D eigenvalue weighted by atomic mass is 10.00. The SMILES string of the molecule is COC(CNC(=O)C[C@@H]1CCC[C@H]1N)c1ccc(F)cc1.Cl. The third kappa shape index (κ3) is 5.23. The number of hydrogen-bond donors (Lipinski definition) is 2. The molecule has 0 bridgehead atoms. The predicted octanol–water partition coefficient (Wildman–Crippen LogP) is 2.57. The highest BCUT2D eigenvalue weighted by Crippen LogP contribution is 2.26. The Balaban J connectivity index is 0.00000242. The van der Waals surface area contributed by atoms with E-state index in [-0.39, 0.29) is 42.2 Å². The summed E-state index contributed by atoms with van der Waals surface area (Å²) < 4.78 is 18.3. The highest BCUT2D eigenvalue weighted by atomic mass is 35.5. The number of carbonyl (C=O) groups is 1. The third-order valence-corrected chi connectivity index (χ3v) is 4.18. The maximum Gasteiger partial charge on any atom is 0.220 e. The molecule has 1 saturated carbocycles. The molecule has 1 aromatic carbocycles. The van der Waals surface area contributed by atoms with Gasteiger partial charge in [0.25, 0.3) is 0 Å². The predicted molar refractivity (Wildman–Crippen MR) is 86.3 cm³/mol. The molecular weight excluding hydrogens is 307 g/mol. The van der Waals surface area contributed by atoms with Gasteiger partial charge in [0.1, 0.15) is 5.82 Å². The van der Waals surface area contributed by atoms with Crippen LogP contribution in [0.25, 0.3) is 0 Å². The molecule has 3 N–H and O–H groups in total. The molecule has 1 aliphatic carbocycles. The number of benzene rings is 1. The van der Waals surface area contributed by atoms with E-state index in [1.165, 1.54) is 12.1 Å². The van der Waals surface area contributed by atoms with E-state index in [1.807, 2.05) is 0 Å². The Morgan fingerprint density at radius 1 is 1.41 bits per heavy atom. The highest BCUT2D eigenvalue weighted by molar-refractivity contribution is 5.85. The van der Waals surface area contributed by atoms with Crippen molar-refractivity contribution in [3.63, 3.8) is 0 Å². The molecule has 4 nitrogen and oxygen atoms in total. The minimum atomic E-state index is -0.284. The third-order valence-electron chi connectivity index (χ3n) is 4.18. The average molecular weight is 331 g/mol. The van der Waals surface area contributed by atoms with Crippen LogP contribution in [-0.4, -0.2) is 25.6 Å².